The Kier molecular flexibility index (Phi) is 7.34. The molecule has 1 aliphatic carbocycles. The fraction of sp³-hybridized carbons (Fsp3) is 0.429. The lowest BCUT2D eigenvalue weighted by atomic mass is 9.65. The lowest BCUT2D eigenvalue weighted by Crippen LogP contribution is -2.51. The van der Waals surface area contributed by atoms with E-state index in [9.17, 15) is 29.3 Å². The fourth-order valence-corrected chi connectivity index (χ4v) is 4.02. The Morgan fingerprint density at radius 2 is 1.69 bits per heavy atom. The first-order chi connectivity index (χ1) is 15.0. The second kappa shape index (κ2) is 9.58. The molecule has 2 rings (SSSR count). The van der Waals surface area contributed by atoms with Crippen molar-refractivity contribution < 1.29 is 43.0 Å². The van der Waals surface area contributed by atoms with Crippen molar-refractivity contribution in [3.05, 3.63) is 51.3 Å². The number of esters is 4. The first-order valence-electron chi connectivity index (χ1n) is 9.47. The molecule has 1 aliphatic rings. The van der Waals surface area contributed by atoms with Crippen molar-refractivity contribution in [3.8, 4) is 0 Å². The van der Waals surface area contributed by atoms with Crippen molar-refractivity contribution >= 4 is 29.6 Å². The maximum atomic E-state index is 12.9. The molecule has 0 radical (unpaired) electrons. The summed E-state index contributed by atoms with van der Waals surface area (Å²) in [7, 11) is 2.17. The van der Waals surface area contributed by atoms with Crippen molar-refractivity contribution in [1.82, 2.24) is 0 Å². The van der Waals surface area contributed by atoms with Gasteiger partial charge in [-0.1, -0.05) is 18.2 Å². The number of nitro groups is 1. The fourth-order valence-electron chi connectivity index (χ4n) is 4.02. The van der Waals surface area contributed by atoms with Gasteiger partial charge in [0.1, 0.15) is 17.3 Å². The minimum Gasteiger partial charge on any atom is -0.469 e. The zero-order valence-electron chi connectivity index (χ0n) is 18.2. The molecule has 1 aromatic carbocycles. The maximum absolute atomic E-state index is 12.9. The lowest BCUT2D eigenvalue weighted by molar-refractivity contribution is -0.385. The Morgan fingerprint density at radius 3 is 2.19 bits per heavy atom. The van der Waals surface area contributed by atoms with Crippen molar-refractivity contribution in [2.45, 2.75) is 38.7 Å². The van der Waals surface area contributed by atoms with E-state index in [0.717, 1.165) is 28.1 Å². The number of benzene rings is 1. The van der Waals surface area contributed by atoms with E-state index in [-0.39, 0.29) is 23.3 Å². The molecule has 11 nitrogen and oxygen atoms in total. The van der Waals surface area contributed by atoms with E-state index in [1.165, 1.54) is 31.2 Å². The third-order valence-electron chi connectivity index (χ3n) is 5.09. The molecular formula is C21H23NO10. The minimum atomic E-state index is -1.67. The molecule has 0 unspecified atom stereocenters. The van der Waals surface area contributed by atoms with Gasteiger partial charge in [0.2, 0.25) is 0 Å². The highest BCUT2D eigenvalue weighted by molar-refractivity contribution is 5.94. The molecular weight excluding hydrogens is 426 g/mol. The van der Waals surface area contributed by atoms with Crippen molar-refractivity contribution in [3.63, 3.8) is 0 Å². The van der Waals surface area contributed by atoms with Gasteiger partial charge in [-0.2, -0.15) is 0 Å². The van der Waals surface area contributed by atoms with Gasteiger partial charge in [-0.05, 0) is 6.92 Å². The summed E-state index contributed by atoms with van der Waals surface area (Å²) in [6.45, 7) is 3.61. The zero-order valence-corrected chi connectivity index (χ0v) is 18.2. The number of methoxy groups -OCH3 is 2. The number of rotatable bonds is 6. The molecule has 0 fully saturated rings. The molecule has 3 atom stereocenters. The number of carbonyl (C=O) groups excluding carboxylic acids is 4. The topological polar surface area (TPSA) is 148 Å². The predicted octanol–water partition coefficient (Wildman–Crippen LogP) is 2.18. The third-order valence-corrected chi connectivity index (χ3v) is 5.09. The number of para-hydroxylation sites is 1. The smallest absolute Gasteiger partial charge is 0.337 e. The second-order valence-corrected chi connectivity index (χ2v) is 7.30. The number of ether oxygens (including phenoxy) is 4. The summed E-state index contributed by atoms with van der Waals surface area (Å²) in [5.41, 5.74) is -2.40. The van der Waals surface area contributed by atoms with Gasteiger partial charge in [0.25, 0.3) is 5.69 Å². The average molecular weight is 449 g/mol. The molecule has 0 N–H and O–H groups in total. The molecule has 172 valence electrons. The van der Waals surface area contributed by atoms with Gasteiger partial charge in [-0.25, -0.2) is 4.79 Å². The molecule has 0 aliphatic heterocycles. The van der Waals surface area contributed by atoms with Gasteiger partial charge in [0.05, 0.1) is 24.7 Å². The predicted molar refractivity (Wildman–Crippen MR) is 107 cm³/mol. The van der Waals surface area contributed by atoms with Crippen LogP contribution in [0.1, 0.15) is 38.7 Å². The SMILES string of the molecule is COC(=O)C1=C(OC(C)=O)C[C@](C)(OC(C)=O)[C@H](C(=O)OC)[C@@H]1c1ccccc1[N+](=O)[O-]. The van der Waals surface area contributed by atoms with Crippen LogP contribution >= 0.6 is 0 Å². The number of nitro benzene ring substituents is 1. The quantitative estimate of drug-likeness (QED) is 0.274. The van der Waals surface area contributed by atoms with E-state index in [0.29, 0.717) is 0 Å². The van der Waals surface area contributed by atoms with E-state index in [1.807, 2.05) is 0 Å². The van der Waals surface area contributed by atoms with Gasteiger partial charge in [-0.15, -0.1) is 0 Å². The summed E-state index contributed by atoms with van der Waals surface area (Å²) in [4.78, 5) is 60.5. The molecule has 0 spiro atoms. The summed E-state index contributed by atoms with van der Waals surface area (Å²) in [5, 5.41) is 11.7. The number of hydrogen-bond donors (Lipinski definition) is 0. The molecule has 0 amide bonds. The molecule has 32 heavy (non-hydrogen) atoms. The van der Waals surface area contributed by atoms with Crippen LogP contribution < -0.4 is 0 Å². The number of hydrogen-bond acceptors (Lipinski definition) is 10. The Morgan fingerprint density at radius 1 is 1.06 bits per heavy atom. The number of carbonyl (C=O) groups is 4. The van der Waals surface area contributed by atoms with Crippen LogP contribution in [0.15, 0.2) is 35.6 Å². The molecule has 1 aromatic rings. The van der Waals surface area contributed by atoms with Gasteiger partial charge in [0, 0.05) is 37.8 Å². The molecule has 0 saturated carbocycles. The number of nitrogens with zero attached hydrogens (tertiary/aromatic N) is 1. The Labute approximate surface area is 183 Å². The maximum Gasteiger partial charge on any atom is 0.337 e. The van der Waals surface area contributed by atoms with E-state index < -0.39 is 51.9 Å². The van der Waals surface area contributed by atoms with Crippen LogP contribution in [-0.4, -0.2) is 48.6 Å². The van der Waals surface area contributed by atoms with Gasteiger partial charge in [0.15, 0.2) is 0 Å². The second-order valence-electron chi connectivity index (χ2n) is 7.30. The highest BCUT2D eigenvalue weighted by Gasteiger charge is 2.57. The summed E-state index contributed by atoms with van der Waals surface area (Å²) in [6.07, 6.45) is -0.354. The Bertz CT molecular complexity index is 998. The summed E-state index contributed by atoms with van der Waals surface area (Å²) in [5.74, 6) is -6.41. The highest BCUT2D eigenvalue weighted by atomic mass is 16.6. The van der Waals surface area contributed by atoms with Crippen molar-refractivity contribution in [2.75, 3.05) is 14.2 Å². The molecule has 0 heterocycles. The van der Waals surface area contributed by atoms with Crippen LogP contribution in [-0.2, 0) is 38.1 Å². The van der Waals surface area contributed by atoms with Crippen LogP contribution in [0.2, 0.25) is 0 Å². The van der Waals surface area contributed by atoms with Crippen LogP contribution in [0, 0.1) is 16.0 Å². The average Bonchev–Trinajstić information content (AvgIpc) is 2.70. The third kappa shape index (κ3) is 4.76. The zero-order chi connectivity index (χ0) is 24.2. The van der Waals surface area contributed by atoms with Crippen LogP contribution in [0.3, 0.4) is 0 Å². The van der Waals surface area contributed by atoms with Crippen LogP contribution in [0.25, 0.3) is 0 Å². The van der Waals surface area contributed by atoms with Crippen LogP contribution in [0.5, 0.6) is 0 Å². The Balaban J connectivity index is 2.98. The van der Waals surface area contributed by atoms with E-state index in [1.54, 1.807) is 0 Å². The van der Waals surface area contributed by atoms with Gasteiger partial charge < -0.3 is 18.9 Å². The Hall–Kier alpha value is -3.76. The molecule has 0 aromatic heterocycles. The van der Waals surface area contributed by atoms with Crippen molar-refractivity contribution in [2.24, 2.45) is 5.92 Å². The van der Waals surface area contributed by atoms with E-state index in [2.05, 4.69) is 0 Å². The summed E-state index contributed by atoms with van der Waals surface area (Å²) >= 11 is 0. The summed E-state index contributed by atoms with van der Waals surface area (Å²) in [6, 6.07) is 5.45. The molecule has 0 bridgehead atoms. The summed E-state index contributed by atoms with van der Waals surface area (Å²) < 4.78 is 20.5. The van der Waals surface area contributed by atoms with E-state index >= 15 is 0 Å². The van der Waals surface area contributed by atoms with Gasteiger partial charge in [-0.3, -0.25) is 24.5 Å². The monoisotopic (exact) mass is 449 g/mol. The normalized spacial score (nSPS) is 22.5. The van der Waals surface area contributed by atoms with Crippen LogP contribution in [0.4, 0.5) is 5.69 Å². The largest absolute Gasteiger partial charge is 0.469 e. The molecule has 11 heteroatoms. The molecule has 0 saturated heterocycles. The first-order valence-corrected chi connectivity index (χ1v) is 9.47. The minimum absolute atomic E-state index is 0.0453. The standard InChI is InChI=1S/C21H23NO10/c1-11(23)31-15-10-21(3,32-12(2)24)18(20(26)30-5)16(17(15)19(25)29-4)13-8-6-7-9-14(13)22(27)28/h6-9,16,18H,10H2,1-5H3/t16-,18+,21+/m1/s1. The van der Waals surface area contributed by atoms with Crippen molar-refractivity contribution in [1.29, 1.82) is 0 Å². The van der Waals surface area contributed by atoms with E-state index in [4.69, 9.17) is 18.9 Å². The first kappa shape index (κ1) is 24.5. The lowest BCUT2D eigenvalue weighted by Gasteiger charge is -2.43. The highest BCUT2D eigenvalue weighted by Crippen LogP contribution is 2.51. The van der Waals surface area contributed by atoms with Gasteiger partial charge >= 0.3 is 23.9 Å².